The summed E-state index contributed by atoms with van der Waals surface area (Å²) in [5.41, 5.74) is 6.73. The first kappa shape index (κ1) is 19.8. The Morgan fingerprint density at radius 3 is 2.60 bits per heavy atom. The van der Waals surface area contributed by atoms with Crippen molar-refractivity contribution < 1.29 is 14.0 Å². The smallest absolute Gasteiger partial charge is 0.239 e. The molecule has 4 N–H and O–H groups in total. The van der Waals surface area contributed by atoms with E-state index in [4.69, 9.17) is 0 Å². The van der Waals surface area contributed by atoms with E-state index >= 15 is 0 Å². The predicted molar refractivity (Wildman–Crippen MR) is 97.5 cm³/mol. The lowest BCUT2D eigenvalue weighted by atomic mass is 9.99. The van der Waals surface area contributed by atoms with Crippen molar-refractivity contribution in [2.45, 2.75) is 37.2 Å². The zero-order valence-electron chi connectivity index (χ0n) is 14.3. The molecule has 3 unspecified atom stereocenters. The highest BCUT2D eigenvalue weighted by atomic mass is 79.9. The summed E-state index contributed by atoms with van der Waals surface area (Å²) >= 11 is 3.56. The fourth-order valence-electron chi connectivity index (χ4n) is 2.69. The second-order valence-electron chi connectivity index (χ2n) is 6.43. The van der Waals surface area contributed by atoms with E-state index in [1.54, 1.807) is 12.1 Å². The minimum absolute atomic E-state index is 0.00457. The van der Waals surface area contributed by atoms with Gasteiger partial charge in [0, 0.05) is 19.1 Å². The standard InChI is InChI=1S/C17H24BrFN4O2/c1-10(2)15-14(18)16(23-22-15)17(25)21-7-6-20-13(24)9-11-4-3-5-12(19)8-11/h3-5,8,10,14-16,22-23H,6-7,9H2,1-2H3,(H,20,24)(H,21,25). The molecular formula is C17H24BrFN4O2. The molecule has 0 spiro atoms. The van der Waals surface area contributed by atoms with E-state index < -0.39 is 0 Å². The fraction of sp³-hybridized carbons (Fsp3) is 0.529. The van der Waals surface area contributed by atoms with E-state index in [1.807, 2.05) is 0 Å². The molecule has 138 valence electrons. The summed E-state index contributed by atoms with van der Waals surface area (Å²) in [4.78, 5) is 24.0. The van der Waals surface area contributed by atoms with Crippen molar-refractivity contribution in [2.24, 2.45) is 5.92 Å². The number of halogens is 2. The summed E-state index contributed by atoms with van der Waals surface area (Å²) in [6.45, 7) is 4.82. The first-order valence-electron chi connectivity index (χ1n) is 8.32. The van der Waals surface area contributed by atoms with Gasteiger partial charge in [-0.3, -0.25) is 15.0 Å². The molecule has 0 radical (unpaired) electrons. The van der Waals surface area contributed by atoms with Crippen LogP contribution >= 0.6 is 15.9 Å². The number of carbonyl (C=O) groups excluding carboxylic acids is 2. The number of amides is 2. The predicted octanol–water partition coefficient (Wildman–Crippen LogP) is 0.865. The van der Waals surface area contributed by atoms with Crippen molar-refractivity contribution in [3.63, 3.8) is 0 Å². The van der Waals surface area contributed by atoms with Gasteiger partial charge in [0.25, 0.3) is 0 Å². The maximum Gasteiger partial charge on any atom is 0.239 e. The highest BCUT2D eigenvalue weighted by Gasteiger charge is 2.39. The molecule has 6 nitrogen and oxygen atoms in total. The summed E-state index contributed by atoms with van der Waals surface area (Å²) in [7, 11) is 0. The summed E-state index contributed by atoms with van der Waals surface area (Å²) in [6.07, 6.45) is 0.110. The molecule has 0 aromatic heterocycles. The van der Waals surface area contributed by atoms with Crippen LogP contribution < -0.4 is 21.5 Å². The van der Waals surface area contributed by atoms with Gasteiger partial charge in [0.05, 0.1) is 11.2 Å². The molecule has 1 aromatic rings. The highest BCUT2D eigenvalue weighted by molar-refractivity contribution is 9.09. The van der Waals surface area contributed by atoms with Gasteiger partial charge in [-0.25, -0.2) is 9.82 Å². The number of hydrogen-bond acceptors (Lipinski definition) is 4. The number of benzene rings is 1. The minimum atomic E-state index is -0.365. The lowest BCUT2D eigenvalue weighted by Gasteiger charge is -2.19. The Balaban J connectivity index is 1.67. The molecule has 1 fully saturated rings. The van der Waals surface area contributed by atoms with Crippen LogP contribution in [-0.4, -0.2) is 41.8 Å². The fourth-order valence-corrected chi connectivity index (χ4v) is 3.80. The van der Waals surface area contributed by atoms with E-state index in [0.29, 0.717) is 24.6 Å². The number of rotatable bonds is 7. The largest absolute Gasteiger partial charge is 0.354 e. The topological polar surface area (TPSA) is 82.3 Å². The summed E-state index contributed by atoms with van der Waals surface area (Å²) in [6, 6.07) is 5.74. The van der Waals surface area contributed by atoms with E-state index in [1.165, 1.54) is 12.1 Å². The molecule has 1 heterocycles. The molecule has 0 saturated carbocycles. The second-order valence-corrected chi connectivity index (χ2v) is 7.49. The van der Waals surface area contributed by atoms with Gasteiger partial charge >= 0.3 is 0 Å². The van der Waals surface area contributed by atoms with E-state index in [-0.39, 0.29) is 41.0 Å². The maximum absolute atomic E-state index is 13.1. The molecule has 2 amide bonds. The minimum Gasteiger partial charge on any atom is -0.354 e. The average Bonchev–Trinajstić information content (AvgIpc) is 2.93. The van der Waals surface area contributed by atoms with Gasteiger partial charge in [-0.1, -0.05) is 41.9 Å². The van der Waals surface area contributed by atoms with Crippen LogP contribution in [0.15, 0.2) is 24.3 Å². The molecule has 3 atom stereocenters. The molecule has 1 aliphatic rings. The first-order chi connectivity index (χ1) is 11.9. The van der Waals surface area contributed by atoms with Crippen LogP contribution in [0.2, 0.25) is 0 Å². The average molecular weight is 415 g/mol. The maximum atomic E-state index is 13.1. The molecule has 1 aliphatic heterocycles. The molecule has 2 rings (SSSR count). The zero-order valence-corrected chi connectivity index (χ0v) is 15.9. The van der Waals surface area contributed by atoms with Crippen LogP contribution in [0, 0.1) is 11.7 Å². The van der Waals surface area contributed by atoms with Crippen LogP contribution in [0.25, 0.3) is 0 Å². The van der Waals surface area contributed by atoms with Gasteiger partial charge < -0.3 is 10.6 Å². The van der Waals surface area contributed by atoms with Crippen molar-refractivity contribution in [3.8, 4) is 0 Å². The van der Waals surface area contributed by atoms with Gasteiger partial charge in [0.2, 0.25) is 11.8 Å². The quantitative estimate of drug-likeness (QED) is 0.394. The number of alkyl halides is 1. The number of hydrazine groups is 1. The Morgan fingerprint density at radius 2 is 1.96 bits per heavy atom. The van der Waals surface area contributed by atoms with Gasteiger partial charge in [-0.2, -0.15) is 0 Å². The van der Waals surface area contributed by atoms with Gasteiger partial charge in [0.15, 0.2) is 0 Å². The summed E-state index contributed by atoms with van der Waals surface area (Å²) in [5, 5.41) is 5.51. The van der Waals surface area contributed by atoms with E-state index in [0.717, 1.165) is 0 Å². The zero-order chi connectivity index (χ0) is 18.4. The lowest BCUT2D eigenvalue weighted by Crippen LogP contribution is -2.47. The van der Waals surface area contributed by atoms with Gasteiger partial charge in [-0.15, -0.1) is 0 Å². The SMILES string of the molecule is CC(C)C1NNC(C(=O)NCCNC(=O)Cc2cccc(F)c2)C1Br. The molecule has 1 aromatic carbocycles. The third-order valence-electron chi connectivity index (χ3n) is 4.07. The van der Waals surface area contributed by atoms with Crippen molar-refractivity contribution in [1.82, 2.24) is 21.5 Å². The van der Waals surface area contributed by atoms with Gasteiger partial charge in [-0.05, 0) is 23.6 Å². The molecule has 0 aliphatic carbocycles. The van der Waals surface area contributed by atoms with E-state index in [9.17, 15) is 14.0 Å². The Morgan fingerprint density at radius 1 is 1.24 bits per heavy atom. The molecular weight excluding hydrogens is 391 g/mol. The Kier molecular flexibility index (Phi) is 7.34. The lowest BCUT2D eigenvalue weighted by molar-refractivity contribution is -0.123. The van der Waals surface area contributed by atoms with Crippen molar-refractivity contribution in [2.75, 3.05) is 13.1 Å². The van der Waals surface area contributed by atoms with Crippen LogP contribution in [-0.2, 0) is 16.0 Å². The van der Waals surface area contributed by atoms with Crippen LogP contribution in [0.1, 0.15) is 19.4 Å². The van der Waals surface area contributed by atoms with Crippen molar-refractivity contribution in [3.05, 3.63) is 35.6 Å². The third kappa shape index (κ3) is 5.76. The van der Waals surface area contributed by atoms with Crippen molar-refractivity contribution >= 4 is 27.7 Å². The number of hydrogen-bond donors (Lipinski definition) is 4. The van der Waals surface area contributed by atoms with E-state index in [2.05, 4.69) is 51.3 Å². The highest BCUT2D eigenvalue weighted by Crippen LogP contribution is 2.21. The number of nitrogens with one attached hydrogen (secondary N) is 4. The Bertz CT molecular complexity index is 614. The second kappa shape index (κ2) is 9.26. The molecule has 25 heavy (non-hydrogen) atoms. The first-order valence-corrected chi connectivity index (χ1v) is 9.24. The summed E-state index contributed by atoms with van der Waals surface area (Å²) < 4.78 is 13.1. The molecule has 0 bridgehead atoms. The molecule has 8 heteroatoms. The Labute approximate surface area is 155 Å². The summed E-state index contributed by atoms with van der Waals surface area (Å²) in [5.74, 6) is -0.313. The third-order valence-corrected chi connectivity index (χ3v) is 5.17. The molecule has 1 saturated heterocycles. The number of carbonyl (C=O) groups is 2. The normalized spacial score (nSPS) is 22.8. The Hall–Kier alpha value is -1.51. The monoisotopic (exact) mass is 414 g/mol. The van der Waals surface area contributed by atoms with Crippen LogP contribution in [0.5, 0.6) is 0 Å². The van der Waals surface area contributed by atoms with Gasteiger partial charge in [0.1, 0.15) is 11.9 Å². The van der Waals surface area contributed by atoms with Crippen molar-refractivity contribution in [1.29, 1.82) is 0 Å². The van der Waals surface area contributed by atoms with Crippen LogP contribution in [0.4, 0.5) is 4.39 Å². The van der Waals surface area contributed by atoms with Crippen LogP contribution in [0.3, 0.4) is 0 Å².